The van der Waals surface area contributed by atoms with Crippen molar-refractivity contribution in [2.75, 3.05) is 12.4 Å². The maximum absolute atomic E-state index is 8.94. The van der Waals surface area contributed by atoms with E-state index in [9.17, 15) is 0 Å². The molecular formula is C12H13N5O. The number of hydrogen-bond donors (Lipinski definition) is 1. The molecule has 0 aliphatic heterocycles. The van der Waals surface area contributed by atoms with Gasteiger partial charge in [0.1, 0.15) is 6.07 Å². The minimum atomic E-state index is 0.511. The van der Waals surface area contributed by atoms with Crippen molar-refractivity contribution < 1.29 is 4.74 Å². The Morgan fingerprint density at radius 1 is 1.56 bits per heavy atom. The third kappa shape index (κ3) is 2.40. The summed E-state index contributed by atoms with van der Waals surface area (Å²) >= 11 is 0. The van der Waals surface area contributed by atoms with E-state index in [0.29, 0.717) is 23.7 Å². The summed E-state index contributed by atoms with van der Waals surface area (Å²) in [6.45, 7) is 0.511. The van der Waals surface area contributed by atoms with E-state index in [1.165, 1.54) is 0 Å². The van der Waals surface area contributed by atoms with Gasteiger partial charge in [-0.05, 0) is 6.07 Å². The van der Waals surface area contributed by atoms with Crippen LogP contribution in [0.4, 0.5) is 5.69 Å². The molecule has 0 unspecified atom stereocenters. The van der Waals surface area contributed by atoms with E-state index in [1.54, 1.807) is 30.3 Å². The van der Waals surface area contributed by atoms with Crippen LogP contribution in [-0.4, -0.2) is 21.9 Å². The minimum Gasteiger partial charge on any atom is -0.481 e. The summed E-state index contributed by atoms with van der Waals surface area (Å²) in [5.41, 5.74) is 2.10. The van der Waals surface area contributed by atoms with Gasteiger partial charge in [-0.3, -0.25) is 4.98 Å². The summed E-state index contributed by atoms with van der Waals surface area (Å²) in [6, 6.07) is 5.62. The molecule has 2 aromatic heterocycles. The first-order chi connectivity index (χ1) is 8.74. The summed E-state index contributed by atoms with van der Waals surface area (Å²) < 4.78 is 6.79. The summed E-state index contributed by atoms with van der Waals surface area (Å²) in [4.78, 5) is 3.98. The Labute approximate surface area is 105 Å². The Morgan fingerprint density at radius 3 is 3.06 bits per heavy atom. The highest BCUT2D eigenvalue weighted by atomic mass is 16.5. The number of rotatable bonds is 4. The second-order valence-corrected chi connectivity index (χ2v) is 3.69. The zero-order valence-corrected chi connectivity index (χ0v) is 10.2. The molecule has 6 nitrogen and oxygen atoms in total. The van der Waals surface area contributed by atoms with Gasteiger partial charge in [0, 0.05) is 19.3 Å². The second-order valence-electron chi connectivity index (χ2n) is 3.69. The highest BCUT2D eigenvalue weighted by Crippen LogP contribution is 2.15. The van der Waals surface area contributed by atoms with Gasteiger partial charge in [0.25, 0.3) is 0 Å². The molecule has 0 aliphatic carbocycles. The molecule has 0 fully saturated rings. The summed E-state index contributed by atoms with van der Waals surface area (Å²) in [5, 5.41) is 16.4. The molecule has 2 heterocycles. The third-order valence-corrected chi connectivity index (χ3v) is 2.50. The van der Waals surface area contributed by atoms with E-state index >= 15 is 0 Å². The predicted molar refractivity (Wildman–Crippen MR) is 66.0 cm³/mol. The van der Waals surface area contributed by atoms with Crippen LogP contribution in [0.15, 0.2) is 24.5 Å². The van der Waals surface area contributed by atoms with Gasteiger partial charge in [-0.15, -0.1) is 0 Å². The van der Waals surface area contributed by atoms with E-state index in [-0.39, 0.29) is 0 Å². The first kappa shape index (κ1) is 11.9. The van der Waals surface area contributed by atoms with Gasteiger partial charge in [-0.25, -0.2) is 4.68 Å². The van der Waals surface area contributed by atoms with Crippen LogP contribution in [0.25, 0.3) is 0 Å². The number of hydrogen-bond acceptors (Lipinski definition) is 5. The number of ether oxygens (including phenoxy) is 1. The van der Waals surface area contributed by atoms with Gasteiger partial charge < -0.3 is 10.1 Å². The van der Waals surface area contributed by atoms with E-state index in [4.69, 9.17) is 10.00 Å². The number of nitrogens with zero attached hydrogens (tertiary/aromatic N) is 4. The van der Waals surface area contributed by atoms with Crippen LogP contribution in [0.5, 0.6) is 5.88 Å². The van der Waals surface area contributed by atoms with Crippen LogP contribution in [0.1, 0.15) is 11.3 Å². The fourth-order valence-electron chi connectivity index (χ4n) is 1.60. The molecule has 18 heavy (non-hydrogen) atoms. The summed E-state index contributed by atoms with van der Waals surface area (Å²) in [7, 11) is 3.41. The zero-order valence-electron chi connectivity index (χ0n) is 10.2. The van der Waals surface area contributed by atoms with Crippen LogP contribution in [-0.2, 0) is 13.6 Å². The van der Waals surface area contributed by atoms with Crippen molar-refractivity contribution in [1.82, 2.24) is 14.8 Å². The lowest BCUT2D eigenvalue weighted by Crippen LogP contribution is -2.03. The summed E-state index contributed by atoms with van der Waals surface area (Å²) in [5.74, 6) is 0.693. The van der Waals surface area contributed by atoms with E-state index in [0.717, 1.165) is 5.69 Å². The monoisotopic (exact) mass is 243 g/mol. The van der Waals surface area contributed by atoms with Crippen molar-refractivity contribution in [3.63, 3.8) is 0 Å². The number of nitriles is 1. The van der Waals surface area contributed by atoms with Crippen LogP contribution >= 0.6 is 0 Å². The maximum atomic E-state index is 8.94. The third-order valence-electron chi connectivity index (χ3n) is 2.50. The number of anilines is 1. The highest BCUT2D eigenvalue weighted by Gasteiger charge is 2.06. The first-order valence-corrected chi connectivity index (χ1v) is 5.39. The maximum Gasteiger partial charge on any atom is 0.211 e. The first-order valence-electron chi connectivity index (χ1n) is 5.39. The van der Waals surface area contributed by atoms with Gasteiger partial charge in [0.15, 0.2) is 0 Å². The minimum absolute atomic E-state index is 0.511. The van der Waals surface area contributed by atoms with Gasteiger partial charge in [-0.2, -0.15) is 10.4 Å². The fraction of sp³-hybridized carbons (Fsp3) is 0.250. The number of pyridine rings is 1. The molecular weight excluding hydrogens is 230 g/mol. The molecule has 0 amide bonds. The van der Waals surface area contributed by atoms with Crippen LogP contribution in [0, 0.1) is 11.3 Å². The Kier molecular flexibility index (Phi) is 3.44. The molecule has 0 saturated carbocycles. The van der Waals surface area contributed by atoms with Gasteiger partial charge in [0.2, 0.25) is 5.88 Å². The Hall–Kier alpha value is -2.55. The van der Waals surface area contributed by atoms with E-state index in [1.807, 2.05) is 13.1 Å². The van der Waals surface area contributed by atoms with Crippen LogP contribution in [0.3, 0.4) is 0 Å². The predicted octanol–water partition coefficient (Wildman–Crippen LogP) is 1.31. The summed E-state index contributed by atoms with van der Waals surface area (Å²) in [6.07, 6.45) is 3.21. The second kappa shape index (κ2) is 5.19. The van der Waals surface area contributed by atoms with Crippen molar-refractivity contribution in [3.05, 3.63) is 35.8 Å². The Morgan fingerprint density at radius 2 is 2.39 bits per heavy atom. The molecule has 0 radical (unpaired) electrons. The quantitative estimate of drug-likeness (QED) is 0.876. The van der Waals surface area contributed by atoms with Crippen molar-refractivity contribution >= 4 is 5.69 Å². The molecule has 6 heteroatoms. The van der Waals surface area contributed by atoms with Gasteiger partial charge >= 0.3 is 0 Å². The molecule has 1 N–H and O–H groups in total. The molecule has 0 aromatic carbocycles. The molecule has 0 bridgehead atoms. The van der Waals surface area contributed by atoms with Gasteiger partial charge in [-0.1, -0.05) is 0 Å². The molecule has 2 rings (SSSR count). The van der Waals surface area contributed by atoms with E-state index in [2.05, 4.69) is 21.5 Å². The smallest absolute Gasteiger partial charge is 0.211 e. The lowest BCUT2D eigenvalue weighted by atomic mass is 10.2. The fourth-order valence-corrected chi connectivity index (χ4v) is 1.60. The van der Waals surface area contributed by atoms with Crippen molar-refractivity contribution in [2.45, 2.75) is 6.54 Å². The van der Waals surface area contributed by atoms with E-state index < -0.39 is 0 Å². The molecule has 2 aromatic rings. The topological polar surface area (TPSA) is 75.8 Å². The normalized spacial score (nSPS) is 9.83. The van der Waals surface area contributed by atoms with Crippen molar-refractivity contribution in [2.24, 2.45) is 7.05 Å². The largest absolute Gasteiger partial charge is 0.481 e. The Balaban J connectivity index is 2.09. The number of nitrogens with one attached hydrogen (secondary N) is 1. The molecule has 92 valence electrons. The highest BCUT2D eigenvalue weighted by molar-refractivity contribution is 5.55. The number of aromatic nitrogens is 3. The standard InChI is InChI=1S/C12H13N5O/c1-17-12(18-2)5-10(16-17)7-15-11-8-14-4-3-9(11)6-13/h3-5,8,15H,7H2,1-2H3. The average Bonchev–Trinajstić information content (AvgIpc) is 2.77. The molecule has 0 atom stereocenters. The Bertz CT molecular complexity index is 584. The van der Waals surface area contributed by atoms with Crippen LogP contribution in [0.2, 0.25) is 0 Å². The number of methoxy groups -OCH3 is 1. The van der Waals surface area contributed by atoms with Crippen molar-refractivity contribution in [3.8, 4) is 11.9 Å². The van der Waals surface area contributed by atoms with Crippen LogP contribution < -0.4 is 10.1 Å². The van der Waals surface area contributed by atoms with Gasteiger partial charge in [0.05, 0.1) is 36.8 Å². The van der Waals surface area contributed by atoms with Crippen molar-refractivity contribution in [1.29, 1.82) is 5.26 Å². The average molecular weight is 243 g/mol. The zero-order chi connectivity index (χ0) is 13.0. The molecule has 0 saturated heterocycles. The lowest BCUT2D eigenvalue weighted by Gasteiger charge is -2.04. The number of aryl methyl sites for hydroxylation is 1. The SMILES string of the molecule is COc1cc(CNc2cnccc2C#N)nn1C. The lowest BCUT2D eigenvalue weighted by molar-refractivity contribution is 0.373. The molecule has 0 spiro atoms. The molecule has 0 aliphatic rings.